The van der Waals surface area contributed by atoms with Crippen LogP contribution >= 0.6 is 22.9 Å². The third-order valence-electron chi connectivity index (χ3n) is 4.59. The van der Waals surface area contributed by atoms with Crippen molar-refractivity contribution < 1.29 is 9.84 Å². The first-order chi connectivity index (χ1) is 14.0. The van der Waals surface area contributed by atoms with Gasteiger partial charge in [-0.05, 0) is 36.8 Å². The van der Waals surface area contributed by atoms with Crippen LogP contribution < -0.4 is 10.3 Å². The van der Waals surface area contributed by atoms with E-state index in [2.05, 4.69) is 4.98 Å². The standard InChI is InChI=1S/C22H19ClN2O3S/c1-14-2-8-18(9-3-14)28-11-17(26)10-25-13-24-21-20(22(25)27)19(12-29-21)15-4-6-16(23)7-5-15/h2-9,12-13,17,26H,10-11H2,1H3/t17-/m0/s1. The Hall–Kier alpha value is -2.67. The molecule has 0 aliphatic heterocycles. The maximum atomic E-state index is 13.0. The molecule has 0 unspecified atom stereocenters. The first-order valence-electron chi connectivity index (χ1n) is 9.11. The van der Waals surface area contributed by atoms with Gasteiger partial charge in [-0.2, -0.15) is 0 Å². The summed E-state index contributed by atoms with van der Waals surface area (Å²) < 4.78 is 7.04. The van der Waals surface area contributed by atoms with Gasteiger partial charge in [0, 0.05) is 16.0 Å². The van der Waals surface area contributed by atoms with Crippen LogP contribution in [0.3, 0.4) is 0 Å². The van der Waals surface area contributed by atoms with E-state index in [1.54, 1.807) is 12.1 Å². The summed E-state index contributed by atoms with van der Waals surface area (Å²) in [5, 5.41) is 13.5. The minimum atomic E-state index is -0.842. The molecule has 0 aliphatic rings. The molecule has 1 N–H and O–H groups in total. The number of hydrogen-bond donors (Lipinski definition) is 1. The number of aliphatic hydroxyl groups excluding tert-OH is 1. The molecule has 2 heterocycles. The molecule has 0 aliphatic carbocycles. The van der Waals surface area contributed by atoms with Crippen LogP contribution in [0.1, 0.15) is 5.56 Å². The highest BCUT2D eigenvalue weighted by atomic mass is 35.5. The van der Waals surface area contributed by atoms with Crippen LogP contribution in [0.15, 0.2) is 65.0 Å². The van der Waals surface area contributed by atoms with Gasteiger partial charge in [0.1, 0.15) is 23.3 Å². The van der Waals surface area contributed by atoms with E-state index >= 15 is 0 Å². The number of thiophene rings is 1. The van der Waals surface area contributed by atoms with E-state index in [4.69, 9.17) is 16.3 Å². The van der Waals surface area contributed by atoms with E-state index in [0.717, 1.165) is 16.7 Å². The first kappa shape index (κ1) is 19.6. The second-order valence-corrected chi connectivity index (χ2v) is 8.11. The van der Waals surface area contributed by atoms with Gasteiger partial charge in [-0.1, -0.05) is 41.4 Å². The summed E-state index contributed by atoms with van der Waals surface area (Å²) >= 11 is 7.39. The fourth-order valence-corrected chi connectivity index (χ4v) is 4.08. The highest BCUT2D eigenvalue weighted by Gasteiger charge is 2.15. The lowest BCUT2D eigenvalue weighted by atomic mass is 10.1. The predicted molar refractivity (Wildman–Crippen MR) is 117 cm³/mol. The van der Waals surface area contributed by atoms with Crippen molar-refractivity contribution in [2.75, 3.05) is 6.61 Å². The fourth-order valence-electron chi connectivity index (χ4n) is 3.05. The van der Waals surface area contributed by atoms with Crippen LogP contribution in [0.25, 0.3) is 21.3 Å². The average molecular weight is 427 g/mol. The SMILES string of the molecule is Cc1ccc(OC[C@@H](O)Cn2cnc3scc(-c4ccc(Cl)cc4)c3c2=O)cc1. The lowest BCUT2D eigenvalue weighted by Crippen LogP contribution is -2.30. The van der Waals surface area contributed by atoms with Crippen molar-refractivity contribution >= 4 is 33.2 Å². The molecule has 2 aromatic heterocycles. The molecule has 7 heteroatoms. The molecule has 0 saturated heterocycles. The lowest BCUT2D eigenvalue weighted by molar-refractivity contribution is 0.0915. The fraction of sp³-hybridized carbons (Fsp3) is 0.182. The summed E-state index contributed by atoms with van der Waals surface area (Å²) in [6.45, 7) is 2.18. The number of halogens is 1. The van der Waals surface area contributed by atoms with Crippen molar-refractivity contribution in [3.05, 3.63) is 81.2 Å². The molecule has 2 aromatic carbocycles. The summed E-state index contributed by atoms with van der Waals surface area (Å²) in [4.78, 5) is 18.1. The highest BCUT2D eigenvalue weighted by molar-refractivity contribution is 7.17. The maximum Gasteiger partial charge on any atom is 0.262 e. The van der Waals surface area contributed by atoms with Crippen molar-refractivity contribution in [1.29, 1.82) is 0 Å². The third-order valence-corrected chi connectivity index (χ3v) is 5.73. The van der Waals surface area contributed by atoms with Crippen LogP contribution in [0.4, 0.5) is 0 Å². The van der Waals surface area contributed by atoms with Crippen LogP contribution in [0.5, 0.6) is 5.75 Å². The third kappa shape index (κ3) is 4.34. The molecule has 0 amide bonds. The average Bonchev–Trinajstić information content (AvgIpc) is 3.15. The second kappa shape index (κ2) is 8.37. The molecular weight excluding hydrogens is 408 g/mol. The van der Waals surface area contributed by atoms with Crippen LogP contribution in [0, 0.1) is 6.92 Å². The van der Waals surface area contributed by atoms with Crippen LogP contribution in [-0.4, -0.2) is 27.4 Å². The second-order valence-electron chi connectivity index (χ2n) is 6.82. The Morgan fingerprint density at radius 3 is 2.62 bits per heavy atom. The summed E-state index contributed by atoms with van der Waals surface area (Å²) in [5.41, 5.74) is 2.67. The Morgan fingerprint density at radius 2 is 1.90 bits per heavy atom. The van der Waals surface area contributed by atoms with Crippen molar-refractivity contribution in [2.45, 2.75) is 19.6 Å². The molecule has 0 fully saturated rings. The molecule has 0 saturated carbocycles. The van der Waals surface area contributed by atoms with Gasteiger partial charge in [-0.25, -0.2) is 4.98 Å². The number of aliphatic hydroxyl groups is 1. The topological polar surface area (TPSA) is 64.3 Å². The Morgan fingerprint density at radius 1 is 1.17 bits per heavy atom. The minimum absolute atomic E-state index is 0.0845. The quantitative estimate of drug-likeness (QED) is 0.492. The molecule has 29 heavy (non-hydrogen) atoms. The Bertz CT molecular complexity index is 1180. The molecule has 148 valence electrons. The number of fused-ring (bicyclic) bond motifs is 1. The lowest BCUT2D eigenvalue weighted by Gasteiger charge is -2.14. The van der Waals surface area contributed by atoms with Crippen LogP contribution in [-0.2, 0) is 6.54 Å². The number of hydrogen-bond acceptors (Lipinski definition) is 5. The van der Waals surface area contributed by atoms with Gasteiger partial charge in [0.05, 0.1) is 18.3 Å². The van der Waals surface area contributed by atoms with E-state index < -0.39 is 6.10 Å². The molecule has 0 spiro atoms. The van der Waals surface area contributed by atoms with E-state index in [9.17, 15) is 9.90 Å². The van der Waals surface area contributed by atoms with Crippen molar-refractivity contribution in [3.8, 4) is 16.9 Å². The van der Waals surface area contributed by atoms with Crippen LogP contribution in [0.2, 0.25) is 5.02 Å². The van der Waals surface area contributed by atoms with Gasteiger partial charge in [-0.15, -0.1) is 11.3 Å². The summed E-state index contributed by atoms with van der Waals surface area (Å²) in [6.07, 6.45) is 0.632. The molecule has 1 atom stereocenters. The Labute approximate surface area is 176 Å². The molecule has 0 radical (unpaired) electrons. The highest BCUT2D eigenvalue weighted by Crippen LogP contribution is 2.31. The van der Waals surface area contributed by atoms with Gasteiger partial charge < -0.3 is 9.84 Å². The Kier molecular flexibility index (Phi) is 5.67. The van der Waals surface area contributed by atoms with Gasteiger partial charge in [-0.3, -0.25) is 9.36 Å². The number of rotatable bonds is 6. The van der Waals surface area contributed by atoms with Gasteiger partial charge in [0.2, 0.25) is 0 Å². The molecule has 4 rings (SSSR count). The number of aryl methyl sites for hydroxylation is 1. The van der Waals surface area contributed by atoms with Crippen molar-refractivity contribution in [2.24, 2.45) is 0 Å². The van der Waals surface area contributed by atoms with E-state index in [1.165, 1.54) is 22.2 Å². The zero-order chi connectivity index (χ0) is 20.4. The van der Waals surface area contributed by atoms with Crippen molar-refractivity contribution in [3.63, 3.8) is 0 Å². The molecule has 5 nitrogen and oxygen atoms in total. The molecular formula is C22H19ClN2O3S. The monoisotopic (exact) mass is 426 g/mol. The van der Waals surface area contributed by atoms with Crippen molar-refractivity contribution in [1.82, 2.24) is 9.55 Å². The molecule has 4 aromatic rings. The van der Waals surface area contributed by atoms with Gasteiger partial charge >= 0.3 is 0 Å². The van der Waals surface area contributed by atoms with Gasteiger partial charge in [0.25, 0.3) is 5.56 Å². The van der Waals surface area contributed by atoms with Gasteiger partial charge in [0.15, 0.2) is 0 Å². The zero-order valence-electron chi connectivity index (χ0n) is 15.7. The largest absolute Gasteiger partial charge is 0.491 e. The number of benzene rings is 2. The zero-order valence-corrected chi connectivity index (χ0v) is 17.3. The van der Waals surface area contributed by atoms with E-state index in [1.807, 2.05) is 48.7 Å². The predicted octanol–water partition coefficient (Wildman–Crippen LogP) is 4.53. The summed E-state index contributed by atoms with van der Waals surface area (Å²) in [5.74, 6) is 0.679. The first-order valence-corrected chi connectivity index (χ1v) is 10.4. The summed E-state index contributed by atoms with van der Waals surface area (Å²) in [7, 11) is 0. The normalized spacial score (nSPS) is 12.2. The number of ether oxygens (including phenoxy) is 1. The minimum Gasteiger partial charge on any atom is -0.491 e. The van der Waals surface area contributed by atoms with E-state index in [-0.39, 0.29) is 18.7 Å². The van der Waals surface area contributed by atoms with E-state index in [0.29, 0.717) is 21.0 Å². The molecule has 0 bridgehead atoms. The number of nitrogens with zero attached hydrogens (tertiary/aromatic N) is 2. The maximum absolute atomic E-state index is 13.0. The Balaban J connectivity index is 1.55. The smallest absolute Gasteiger partial charge is 0.262 e. The number of aromatic nitrogens is 2. The summed E-state index contributed by atoms with van der Waals surface area (Å²) in [6, 6.07) is 14.9.